The van der Waals surface area contributed by atoms with Crippen molar-refractivity contribution >= 4 is 35.3 Å². The van der Waals surface area contributed by atoms with Crippen LogP contribution in [0.15, 0.2) is 96.1 Å². The van der Waals surface area contributed by atoms with Crippen LogP contribution >= 0.6 is 23.2 Å². The molecule has 4 rings (SSSR count). The number of ether oxygens (including phenoxy) is 2. The molecule has 0 spiro atoms. The second-order valence-corrected chi connectivity index (χ2v) is 8.93. The van der Waals surface area contributed by atoms with Gasteiger partial charge in [-0.2, -0.15) is 5.10 Å². The van der Waals surface area contributed by atoms with Gasteiger partial charge in [0.25, 0.3) is 5.91 Å². The van der Waals surface area contributed by atoms with Gasteiger partial charge in [0.05, 0.1) is 6.21 Å². The molecule has 1 amide bonds. The number of nitrogens with one attached hydrogen (secondary N) is 1. The lowest BCUT2D eigenvalue weighted by molar-refractivity contribution is 0.0955. The Morgan fingerprint density at radius 2 is 1.47 bits per heavy atom. The van der Waals surface area contributed by atoms with Crippen LogP contribution in [0.4, 0.5) is 0 Å². The van der Waals surface area contributed by atoms with Crippen LogP contribution in [0.25, 0.3) is 0 Å². The molecule has 0 bridgehead atoms. The molecule has 0 aliphatic carbocycles. The summed E-state index contributed by atoms with van der Waals surface area (Å²) in [6.45, 7) is 2.85. The molecule has 0 aliphatic rings. The average molecular weight is 519 g/mol. The third kappa shape index (κ3) is 7.35. The van der Waals surface area contributed by atoms with E-state index in [0.717, 1.165) is 22.4 Å². The monoisotopic (exact) mass is 518 g/mol. The predicted octanol–water partition coefficient (Wildman–Crippen LogP) is 7.22. The first kappa shape index (κ1) is 25.3. The van der Waals surface area contributed by atoms with Gasteiger partial charge in [-0.15, -0.1) is 0 Å². The minimum atomic E-state index is -0.323. The molecule has 0 fully saturated rings. The van der Waals surface area contributed by atoms with Crippen LogP contribution in [0.2, 0.25) is 10.0 Å². The molecule has 182 valence electrons. The number of carbonyl (C=O) groups excluding carboxylic acids is 1. The fourth-order valence-corrected chi connectivity index (χ4v) is 3.70. The van der Waals surface area contributed by atoms with E-state index in [1.165, 1.54) is 5.56 Å². The Morgan fingerprint density at radius 3 is 2.14 bits per heavy atom. The van der Waals surface area contributed by atoms with E-state index in [-0.39, 0.29) is 5.91 Å². The number of halogens is 2. The van der Waals surface area contributed by atoms with Crippen molar-refractivity contribution < 1.29 is 14.3 Å². The summed E-state index contributed by atoms with van der Waals surface area (Å²) in [5, 5.41) is 5.16. The Hall–Kier alpha value is -3.80. The molecule has 0 aliphatic heterocycles. The highest BCUT2D eigenvalue weighted by Gasteiger charge is 2.06. The molecule has 36 heavy (non-hydrogen) atoms. The maximum atomic E-state index is 12.4. The van der Waals surface area contributed by atoms with E-state index in [2.05, 4.69) is 41.7 Å². The van der Waals surface area contributed by atoms with Crippen molar-refractivity contribution in [1.29, 1.82) is 0 Å². The van der Waals surface area contributed by atoms with Crippen LogP contribution in [0, 0.1) is 6.92 Å². The van der Waals surface area contributed by atoms with E-state index in [4.69, 9.17) is 32.7 Å². The Bertz CT molecular complexity index is 1340. The number of hydrazone groups is 1. The molecule has 4 aromatic rings. The maximum Gasteiger partial charge on any atom is 0.271 e. The van der Waals surface area contributed by atoms with E-state index in [1.807, 2.05) is 30.3 Å². The first-order valence-corrected chi connectivity index (χ1v) is 12.0. The number of amides is 1. The van der Waals surface area contributed by atoms with Crippen LogP contribution in [0.1, 0.15) is 32.6 Å². The molecule has 1 N–H and O–H groups in total. The number of hydrogen-bond acceptors (Lipinski definition) is 4. The second-order valence-electron chi connectivity index (χ2n) is 8.09. The smallest absolute Gasteiger partial charge is 0.271 e. The lowest BCUT2D eigenvalue weighted by atomic mass is 10.2. The Morgan fingerprint density at radius 1 is 0.833 bits per heavy atom. The molecular weight excluding hydrogens is 495 g/mol. The van der Waals surface area contributed by atoms with Crippen molar-refractivity contribution in [3.05, 3.63) is 129 Å². The number of aryl methyl sites for hydroxylation is 1. The summed E-state index contributed by atoms with van der Waals surface area (Å²) in [5.41, 5.74) is 6.98. The highest BCUT2D eigenvalue weighted by molar-refractivity contribution is 6.35. The fraction of sp³-hybridized carbons (Fsp3) is 0.103. The zero-order valence-electron chi connectivity index (χ0n) is 19.6. The van der Waals surface area contributed by atoms with Crippen LogP contribution in [0.5, 0.6) is 11.5 Å². The van der Waals surface area contributed by atoms with E-state index in [0.29, 0.717) is 34.6 Å². The third-order valence-corrected chi connectivity index (χ3v) is 5.90. The van der Waals surface area contributed by atoms with Gasteiger partial charge in [-0.1, -0.05) is 59.1 Å². The minimum absolute atomic E-state index is 0.293. The fourth-order valence-electron chi connectivity index (χ4n) is 3.23. The lowest BCUT2D eigenvalue weighted by Gasteiger charge is -2.09. The summed E-state index contributed by atoms with van der Waals surface area (Å²) in [7, 11) is 0. The number of carbonyl (C=O) groups is 1. The van der Waals surface area contributed by atoms with E-state index in [1.54, 1.807) is 42.6 Å². The van der Waals surface area contributed by atoms with Crippen molar-refractivity contribution in [2.75, 3.05) is 0 Å². The van der Waals surface area contributed by atoms with E-state index in [9.17, 15) is 4.79 Å². The van der Waals surface area contributed by atoms with Crippen molar-refractivity contribution in [2.45, 2.75) is 20.1 Å². The topological polar surface area (TPSA) is 59.9 Å². The number of nitrogens with zero attached hydrogens (tertiary/aromatic N) is 1. The molecule has 0 saturated heterocycles. The summed E-state index contributed by atoms with van der Waals surface area (Å²) in [5.74, 6) is 1.06. The number of hydrogen-bond donors (Lipinski definition) is 1. The van der Waals surface area contributed by atoms with Gasteiger partial charge in [0.1, 0.15) is 24.7 Å². The van der Waals surface area contributed by atoms with Gasteiger partial charge in [0, 0.05) is 21.2 Å². The molecule has 0 aromatic heterocycles. The summed E-state index contributed by atoms with van der Waals surface area (Å²) < 4.78 is 11.6. The van der Waals surface area contributed by atoms with Crippen molar-refractivity contribution in [3.63, 3.8) is 0 Å². The van der Waals surface area contributed by atoms with Crippen molar-refractivity contribution in [3.8, 4) is 11.5 Å². The highest BCUT2D eigenvalue weighted by Crippen LogP contribution is 2.23. The van der Waals surface area contributed by atoms with Crippen LogP contribution < -0.4 is 14.9 Å². The number of rotatable bonds is 9. The van der Waals surface area contributed by atoms with Crippen LogP contribution in [-0.2, 0) is 13.2 Å². The number of benzene rings is 4. The molecule has 0 unspecified atom stereocenters. The first-order chi connectivity index (χ1) is 17.5. The SMILES string of the molecule is Cc1ccc(COc2ccc(/C=N/NC(=O)c3ccc(OCc4ccc(Cl)cc4Cl)cc3)cc2)cc1. The van der Waals surface area contributed by atoms with E-state index >= 15 is 0 Å². The Labute approximate surface area is 220 Å². The molecule has 4 aromatic carbocycles. The van der Waals surface area contributed by atoms with Gasteiger partial charge >= 0.3 is 0 Å². The van der Waals surface area contributed by atoms with Gasteiger partial charge in [-0.25, -0.2) is 5.43 Å². The summed E-state index contributed by atoms with van der Waals surface area (Å²) in [6.07, 6.45) is 1.58. The summed E-state index contributed by atoms with van der Waals surface area (Å²) >= 11 is 12.1. The third-order valence-electron chi connectivity index (χ3n) is 5.31. The van der Waals surface area contributed by atoms with E-state index < -0.39 is 0 Å². The Balaban J connectivity index is 1.24. The largest absolute Gasteiger partial charge is 0.489 e. The van der Waals surface area contributed by atoms with Gasteiger partial charge in [-0.3, -0.25) is 4.79 Å². The molecular formula is C29H24Cl2N2O3. The van der Waals surface area contributed by atoms with Gasteiger partial charge in [-0.05, 0) is 78.7 Å². The summed E-state index contributed by atoms with van der Waals surface area (Å²) in [6, 6.07) is 27.7. The van der Waals surface area contributed by atoms with Gasteiger partial charge in [0.15, 0.2) is 0 Å². The first-order valence-electron chi connectivity index (χ1n) is 11.2. The zero-order valence-corrected chi connectivity index (χ0v) is 21.1. The quantitative estimate of drug-likeness (QED) is 0.188. The molecule has 0 radical (unpaired) electrons. The molecule has 0 atom stereocenters. The zero-order chi connectivity index (χ0) is 25.3. The second kappa shape index (κ2) is 12.2. The van der Waals surface area contributed by atoms with Gasteiger partial charge < -0.3 is 9.47 Å². The van der Waals surface area contributed by atoms with Crippen molar-refractivity contribution in [2.24, 2.45) is 5.10 Å². The molecule has 0 saturated carbocycles. The predicted molar refractivity (Wildman–Crippen MR) is 144 cm³/mol. The molecule has 5 nitrogen and oxygen atoms in total. The normalized spacial score (nSPS) is 10.9. The Kier molecular flexibility index (Phi) is 8.61. The minimum Gasteiger partial charge on any atom is -0.489 e. The lowest BCUT2D eigenvalue weighted by Crippen LogP contribution is -2.17. The molecule has 7 heteroatoms. The summed E-state index contributed by atoms with van der Waals surface area (Å²) in [4.78, 5) is 12.4. The van der Waals surface area contributed by atoms with Crippen LogP contribution in [-0.4, -0.2) is 12.1 Å². The van der Waals surface area contributed by atoms with Crippen molar-refractivity contribution in [1.82, 2.24) is 5.43 Å². The standard InChI is InChI=1S/C29H24Cl2N2O3/c1-20-2-4-22(5-3-20)18-35-26-12-6-21(7-13-26)17-32-33-29(34)23-9-14-27(15-10-23)36-19-24-8-11-25(30)16-28(24)31/h2-17H,18-19H2,1H3,(H,33,34)/b32-17+. The highest BCUT2D eigenvalue weighted by atomic mass is 35.5. The van der Waals surface area contributed by atoms with Crippen LogP contribution in [0.3, 0.4) is 0 Å². The molecule has 0 heterocycles. The van der Waals surface area contributed by atoms with Gasteiger partial charge in [0.2, 0.25) is 0 Å². The maximum absolute atomic E-state index is 12.4. The average Bonchev–Trinajstić information content (AvgIpc) is 2.89.